The molecule has 9 nitrogen and oxygen atoms in total. The minimum Gasteiger partial charge on any atom is -0.480 e. The Labute approximate surface area is 140 Å². The molecule has 1 amide bonds. The number of hydrogen-bond donors (Lipinski definition) is 2. The number of nitrogens with two attached hydrogens (primary N) is 1. The highest BCUT2D eigenvalue weighted by Gasteiger charge is 2.33. The van der Waals surface area contributed by atoms with E-state index >= 15 is 0 Å². The van der Waals surface area contributed by atoms with Crippen LogP contribution in [0, 0.1) is 5.92 Å². The molecule has 9 heteroatoms. The lowest BCUT2D eigenvalue weighted by atomic mass is 10.1. The topological polar surface area (TPSA) is 128 Å². The molecule has 1 aromatic rings. The van der Waals surface area contributed by atoms with Crippen LogP contribution in [0.2, 0.25) is 0 Å². The molecular weight excluding hydrogens is 316 g/mol. The van der Waals surface area contributed by atoms with Gasteiger partial charge in [0.1, 0.15) is 17.1 Å². The number of esters is 1. The molecule has 0 aliphatic heterocycles. The normalized spacial score (nSPS) is 13.3. The van der Waals surface area contributed by atoms with Crippen LogP contribution < -0.4 is 10.9 Å². The first-order valence-electron chi connectivity index (χ1n) is 7.36. The van der Waals surface area contributed by atoms with E-state index in [1.54, 1.807) is 20.8 Å². The Bertz CT molecular complexity index is 645. The summed E-state index contributed by atoms with van der Waals surface area (Å²) >= 11 is 0. The second-order valence-electron chi connectivity index (χ2n) is 6.97. The molecule has 0 aliphatic carbocycles. The number of carbonyl (C=O) groups excluding carboxylic acids is 2. The van der Waals surface area contributed by atoms with Crippen molar-refractivity contribution >= 4 is 23.7 Å². The van der Waals surface area contributed by atoms with Gasteiger partial charge in [-0.2, -0.15) is 0 Å². The summed E-state index contributed by atoms with van der Waals surface area (Å²) < 4.78 is 6.47. The number of aromatic nitrogens is 2. The Balaban J connectivity index is 2.93. The third-order valence-corrected chi connectivity index (χ3v) is 3.35. The molecular formula is C15H24N4O5. The van der Waals surface area contributed by atoms with Gasteiger partial charge >= 0.3 is 11.9 Å². The second kappa shape index (κ2) is 6.60. The third-order valence-electron chi connectivity index (χ3n) is 3.35. The van der Waals surface area contributed by atoms with Gasteiger partial charge < -0.3 is 14.4 Å². The zero-order valence-electron chi connectivity index (χ0n) is 14.7. The molecule has 0 saturated carbocycles. The molecule has 0 fully saturated rings. The summed E-state index contributed by atoms with van der Waals surface area (Å²) in [5.41, 5.74) is -1.98. The SMILES string of the molecule is CC(C(=O)OC(C)(C)C)C(=O)N(N)c1cn(C(C)(C)C(=O)O)cn1. The van der Waals surface area contributed by atoms with Crippen molar-refractivity contribution in [2.24, 2.45) is 11.8 Å². The number of hydrazine groups is 1. The van der Waals surface area contributed by atoms with Gasteiger partial charge in [-0.05, 0) is 41.5 Å². The lowest BCUT2D eigenvalue weighted by molar-refractivity contribution is -0.161. The number of imidazole rings is 1. The summed E-state index contributed by atoms with van der Waals surface area (Å²) in [6.45, 7) is 9.42. The maximum Gasteiger partial charge on any atom is 0.329 e. The quantitative estimate of drug-likeness (QED) is 0.268. The van der Waals surface area contributed by atoms with E-state index in [0.29, 0.717) is 5.01 Å². The number of hydrogen-bond acceptors (Lipinski definition) is 6. The first kappa shape index (κ1) is 19.6. The minimum absolute atomic E-state index is 0.0322. The van der Waals surface area contributed by atoms with Crippen molar-refractivity contribution < 1.29 is 24.2 Å². The molecule has 0 saturated heterocycles. The van der Waals surface area contributed by atoms with Crippen molar-refractivity contribution in [3.05, 3.63) is 12.5 Å². The van der Waals surface area contributed by atoms with E-state index in [0.717, 1.165) is 0 Å². The van der Waals surface area contributed by atoms with Gasteiger partial charge in [-0.25, -0.2) is 20.6 Å². The zero-order valence-corrected chi connectivity index (χ0v) is 14.7. The smallest absolute Gasteiger partial charge is 0.329 e. The van der Waals surface area contributed by atoms with Gasteiger partial charge in [-0.3, -0.25) is 9.59 Å². The maximum absolute atomic E-state index is 12.3. The molecule has 1 atom stereocenters. The molecule has 0 aromatic carbocycles. The van der Waals surface area contributed by atoms with E-state index in [1.165, 1.54) is 37.9 Å². The van der Waals surface area contributed by atoms with Gasteiger partial charge in [-0.15, -0.1) is 0 Å². The van der Waals surface area contributed by atoms with Crippen LogP contribution in [0.25, 0.3) is 0 Å². The van der Waals surface area contributed by atoms with Crippen molar-refractivity contribution in [3.8, 4) is 0 Å². The fourth-order valence-corrected chi connectivity index (χ4v) is 1.67. The number of carboxylic acids is 1. The van der Waals surface area contributed by atoms with Crippen LogP contribution in [0.4, 0.5) is 5.82 Å². The number of aliphatic carboxylic acids is 1. The van der Waals surface area contributed by atoms with Crippen LogP contribution >= 0.6 is 0 Å². The Kier molecular flexibility index (Phi) is 5.40. The molecule has 1 unspecified atom stereocenters. The van der Waals surface area contributed by atoms with Gasteiger partial charge in [0.05, 0.1) is 12.5 Å². The van der Waals surface area contributed by atoms with E-state index in [-0.39, 0.29) is 5.82 Å². The summed E-state index contributed by atoms with van der Waals surface area (Å²) in [7, 11) is 0. The maximum atomic E-state index is 12.3. The zero-order chi connectivity index (χ0) is 18.9. The lowest BCUT2D eigenvalue weighted by Crippen LogP contribution is -2.45. The summed E-state index contributed by atoms with van der Waals surface area (Å²) in [5, 5.41) is 9.91. The number of rotatable bonds is 5. The number of ether oxygens (including phenoxy) is 1. The van der Waals surface area contributed by atoms with Gasteiger partial charge in [0.2, 0.25) is 0 Å². The molecule has 24 heavy (non-hydrogen) atoms. The first-order chi connectivity index (χ1) is 10.8. The third kappa shape index (κ3) is 4.31. The van der Waals surface area contributed by atoms with Crippen molar-refractivity contribution in [1.29, 1.82) is 0 Å². The average Bonchev–Trinajstić information content (AvgIpc) is 2.93. The van der Waals surface area contributed by atoms with E-state index in [4.69, 9.17) is 10.6 Å². The minimum atomic E-state index is -1.26. The van der Waals surface area contributed by atoms with Gasteiger partial charge in [0.25, 0.3) is 5.91 Å². The largest absolute Gasteiger partial charge is 0.480 e. The van der Waals surface area contributed by atoms with Gasteiger partial charge in [0, 0.05) is 0 Å². The highest BCUT2D eigenvalue weighted by molar-refractivity contribution is 6.04. The lowest BCUT2D eigenvalue weighted by Gasteiger charge is -2.24. The standard InChI is InChI=1S/C15H24N4O5/c1-9(12(21)24-14(2,3)4)11(20)19(16)10-7-18(8-17-10)15(5,6)13(22)23/h7-9H,16H2,1-6H3,(H,22,23). The molecule has 1 heterocycles. The van der Waals surface area contributed by atoms with Crippen LogP contribution in [0.1, 0.15) is 41.5 Å². The summed E-state index contributed by atoms with van der Waals surface area (Å²) in [4.78, 5) is 39.4. The van der Waals surface area contributed by atoms with Gasteiger partial charge in [0.15, 0.2) is 5.82 Å². The number of carbonyl (C=O) groups is 3. The fourth-order valence-electron chi connectivity index (χ4n) is 1.67. The van der Waals surface area contributed by atoms with Crippen LogP contribution in [-0.4, -0.2) is 38.1 Å². The van der Waals surface area contributed by atoms with Crippen LogP contribution in [0.5, 0.6) is 0 Å². The fraction of sp³-hybridized carbons (Fsp3) is 0.600. The molecule has 0 spiro atoms. The Morgan fingerprint density at radius 1 is 1.29 bits per heavy atom. The molecule has 1 aromatic heterocycles. The monoisotopic (exact) mass is 340 g/mol. The molecule has 134 valence electrons. The molecule has 3 N–H and O–H groups in total. The Morgan fingerprint density at radius 2 is 1.83 bits per heavy atom. The number of amides is 1. The van der Waals surface area contributed by atoms with E-state index in [9.17, 15) is 19.5 Å². The summed E-state index contributed by atoms with van der Waals surface area (Å²) in [6, 6.07) is 0. The van der Waals surface area contributed by atoms with Crippen molar-refractivity contribution in [2.45, 2.75) is 52.7 Å². The predicted molar refractivity (Wildman–Crippen MR) is 85.9 cm³/mol. The molecule has 1 rings (SSSR count). The number of anilines is 1. The van der Waals surface area contributed by atoms with Crippen LogP contribution in [0.3, 0.4) is 0 Å². The van der Waals surface area contributed by atoms with Crippen LogP contribution in [0.15, 0.2) is 12.5 Å². The molecule has 0 radical (unpaired) electrons. The van der Waals surface area contributed by atoms with E-state index in [1.807, 2.05) is 0 Å². The Morgan fingerprint density at radius 3 is 2.29 bits per heavy atom. The Hall–Kier alpha value is -2.42. The number of carboxylic acid groups (broad SMARTS) is 1. The highest BCUT2D eigenvalue weighted by atomic mass is 16.6. The summed E-state index contributed by atoms with van der Waals surface area (Å²) in [6.07, 6.45) is 2.59. The number of nitrogens with zero attached hydrogens (tertiary/aromatic N) is 3. The van der Waals surface area contributed by atoms with E-state index < -0.39 is 34.9 Å². The average molecular weight is 340 g/mol. The van der Waals surface area contributed by atoms with E-state index in [2.05, 4.69) is 4.98 Å². The highest BCUT2D eigenvalue weighted by Crippen LogP contribution is 2.20. The molecule has 0 aliphatic rings. The van der Waals surface area contributed by atoms with Gasteiger partial charge in [-0.1, -0.05) is 0 Å². The van der Waals surface area contributed by atoms with Crippen molar-refractivity contribution in [3.63, 3.8) is 0 Å². The molecule has 0 bridgehead atoms. The van der Waals surface area contributed by atoms with Crippen LogP contribution in [-0.2, 0) is 24.7 Å². The summed E-state index contributed by atoms with van der Waals surface area (Å²) in [5.74, 6) is 2.17. The predicted octanol–water partition coefficient (Wildman–Crippen LogP) is 0.887. The van der Waals surface area contributed by atoms with Crippen molar-refractivity contribution in [1.82, 2.24) is 9.55 Å². The second-order valence-corrected chi connectivity index (χ2v) is 6.97. The van der Waals surface area contributed by atoms with Crippen molar-refractivity contribution in [2.75, 3.05) is 5.01 Å². The first-order valence-corrected chi connectivity index (χ1v) is 7.36.